The molecule has 2 aromatic carbocycles. The van der Waals surface area contributed by atoms with Gasteiger partial charge in [-0.1, -0.05) is 18.2 Å². The number of hydrogen-bond acceptors (Lipinski definition) is 4. The summed E-state index contributed by atoms with van der Waals surface area (Å²) in [6.45, 7) is 2.08. The first-order chi connectivity index (χ1) is 11.6. The fourth-order valence-electron chi connectivity index (χ4n) is 2.94. The van der Waals surface area contributed by atoms with Gasteiger partial charge >= 0.3 is 0 Å². The molecule has 0 bridgehead atoms. The highest BCUT2D eigenvalue weighted by Crippen LogP contribution is 2.31. The lowest BCUT2D eigenvalue weighted by Gasteiger charge is -2.30. The van der Waals surface area contributed by atoms with Crippen molar-refractivity contribution in [2.24, 2.45) is 0 Å². The van der Waals surface area contributed by atoms with Crippen molar-refractivity contribution in [3.8, 4) is 5.75 Å². The first kappa shape index (κ1) is 18.8. The monoisotopic (exact) mass is 360 g/mol. The number of anilines is 2. The Morgan fingerprint density at radius 1 is 1.20 bits per heavy atom. The highest BCUT2D eigenvalue weighted by atomic mass is 35.5. The molecule has 0 fully saturated rings. The molecule has 0 aromatic heterocycles. The SMILES string of the molecule is CC(=O)c1cccc(OCC(=O)N2CCCc3c(N)cccc32)c1.Cl. The van der Waals surface area contributed by atoms with Crippen molar-refractivity contribution >= 4 is 35.5 Å². The molecular weight excluding hydrogens is 340 g/mol. The Labute approximate surface area is 153 Å². The van der Waals surface area contributed by atoms with Crippen LogP contribution in [0.25, 0.3) is 0 Å². The number of amides is 1. The molecule has 6 heteroatoms. The summed E-state index contributed by atoms with van der Waals surface area (Å²) in [5, 5.41) is 0. The van der Waals surface area contributed by atoms with E-state index in [2.05, 4.69) is 0 Å². The Bertz CT molecular complexity index is 792. The van der Waals surface area contributed by atoms with Gasteiger partial charge < -0.3 is 15.4 Å². The molecule has 0 saturated heterocycles. The second-order valence-electron chi connectivity index (χ2n) is 5.87. The molecule has 0 spiro atoms. The molecule has 1 amide bonds. The number of halogens is 1. The maximum Gasteiger partial charge on any atom is 0.264 e. The molecule has 0 unspecified atom stereocenters. The van der Waals surface area contributed by atoms with E-state index in [4.69, 9.17) is 10.5 Å². The quantitative estimate of drug-likeness (QED) is 0.671. The number of benzene rings is 2. The molecule has 3 rings (SSSR count). The van der Waals surface area contributed by atoms with E-state index in [1.54, 1.807) is 29.2 Å². The van der Waals surface area contributed by atoms with Crippen molar-refractivity contribution in [1.29, 1.82) is 0 Å². The number of ether oxygens (including phenoxy) is 1. The third-order valence-electron chi connectivity index (χ3n) is 4.19. The number of fused-ring (bicyclic) bond motifs is 1. The topological polar surface area (TPSA) is 72.6 Å². The first-order valence-corrected chi connectivity index (χ1v) is 7.98. The minimum Gasteiger partial charge on any atom is -0.484 e. The summed E-state index contributed by atoms with van der Waals surface area (Å²) in [5.41, 5.74) is 9.19. The number of Topliss-reactive ketones (excluding diaryl/α,β-unsaturated/α-hetero) is 1. The van der Waals surface area contributed by atoms with E-state index in [9.17, 15) is 9.59 Å². The Balaban J connectivity index is 0.00000225. The lowest BCUT2D eigenvalue weighted by atomic mass is 10.00. The normalized spacial score (nSPS) is 12.8. The van der Waals surface area contributed by atoms with Gasteiger partial charge in [0.05, 0.1) is 0 Å². The highest BCUT2D eigenvalue weighted by Gasteiger charge is 2.24. The van der Waals surface area contributed by atoms with Gasteiger partial charge in [-0.2, -0.15) is 0 Å². The first-order valence-electron chi connectivity index (χ1n) is 7.98. The average molecular weight is 361 g/mol. The van der Waals surface area contributed by atoms with Crippen LogP contribution in [0, 0.1) is 0 Å². The zero-order chi connectivity index (χ0) is 17.1. The van der Waals surface area contributed by atoms with E-state index in [1.165, 1.54) is 6.92 Å². The second-order valence-corrected chi connectivity index (χ2v) is 5.87. The van der Waals surface area contributed by atoms with Gasteiger partial charge in [0, 0.05) is 23.5 Å². The fourth-order valence-corrected chi connectivity index (χ4v) is 2.94. The summed E-state index contributed by atoms with van der Waals surface area (Å²) in [7, 11) is 0. The number of hydrogen-bond donors (Lipinski definition) is 1. The molecule has 1 aliphatic heterocycles. The molecule has 0 radical (unpaired) electrons. The van der Waals surface area contributed by atoms with Crippen LogP contribution in [0.15, 0.2) is 42.5 Å². The Morgan fingerprint density at radius 2 is 1.96 bits per heavy atom. The van der Waals surface area contributed by atoms with Gasteiger partial charge in [0.15, 0.2) is 12.4 Å². The van der Waals surface area contributed by atoms with Gasteiger partial charge in [0.2, 0.25) is 0 Å². The van der Waals surface area contributed by atoms with Gasteiger partial charge in [0.25, 0.3) is 5.91 Å². The lowest BCUT2D eigenvalue weighted by Crippen LogP contribution is -2.38. The van der Waals surface area contributed by atoms with E-state index in [-0.39, 0.29) is 30.7 Å². The average Bonchev–Trinajstić information content (AvgIpc) is 2.60. The molecule has 1 aliphatic rings. The molecule has 1 heterocycles. The van der Waals surface area contributed by atoms with Crippen molar-refractivity contribution in [2.75, 3.05) is 23.8 Å². The van der Waals surface area contributed by atoms with Gasteiger partial charge in [-0.05, 0) is 49.6 Å². The zero-order valence-corrected chi connectivity index (χ0v) is 14.8. The van der Waals surface area contributed by atoms with Crippen molar-refractivity contribution < 1.29 is 14.3 Å². The highest BCUT2D eigenvalue weighted by molar-refractivity contribution is 5.96. The Hall–Kier alpha value is -2.53. The Kier molecular flexibility index (Phi) is 6.04. The summed E-state index contributed by atoms with van der Waals surface area (Å²) in [4.78, 5) is 25.7. The second kappa shape index (κ2) is 8.03. The van der Waals surface area contributed by atoms with Crippen LogP contribution >= 0.6 is 12.4 Å². The van der Waals surface area contributed by atoms with Gasteiger partial charge in [-0.3, -0.25) is 9.59 Å². The standard InChI is InChI=1S/C19H20N2O3.ClH/c1-13(22)14-5-2-6-15(11-14)24-12-19(23)21-10-4-7-16-17(20)8-3-9-18(16)21;/h2-3,5-6,8-9,11H,4,7,10,12,20H2,1H3;1H. The number of carbonyl (C=O) groups is 2. The molecule has 2 N–H and O–H groups in total. The van der Waals surface area contributed by atoms with Crippen molar-refractivity contribution in [1.82, 2.24) is 0 Å². The van der Waals surface area contributed by atoms with Crippen LogP contribution in [0.5, 0.6) is 5.75 Å². The van der Waals surface area contributed by atoms with E-state index in [0.717, 1.165) is 29.8 Å². The van der Waals surface area contributed by atoms with Gasteiger partial charge in [-0.15, -0.1) is 12.4 Å². The van der Waals surface area contributed by atoms with E-state index in [0.29, 0.717) is 17.9 Å². The van der Waals surface area contributed by atoms with Crippen molar-refractivity contribution in [3.05, 3.63) is 53.6 Å². The largest absolute Gasteiger partial charge is 0.484 e. The van der Waals surface area contributed by atoms with Crippen LogP contribution in [0.1, 0.15) is 29.3 Å². The molecular formula is C19H21ClN2O3. The zero-order valence-electron chi connectivity index (χ0n) is 14.0. The van der Waals surface area contributed by atoms with Crippen LogP contribution in [0.4, 0.5) is 11.4 Å². The molecule has 0 atom stereocenters. The summed E-state index contributed by atoms with van der Waals surface area (Å²) in [6.07, 6.45) is 1.76. The molecule has 0 saturated carbocycles. The summed E-state index contributed by atoms with van der Waals surface area (Å²) >= 11 is 0. The number of nitrogens with two attached hydrogens (primary N) is 1. The van der Waals surface area contributed by atoms with E-state index in [1.807, 2.05) is 18.2 Å². The van der Waals surface area contributed by atoms with Crippen LogP contribution in [0.3, 0.4) is 0 Å². The Morgan fingerprint density at radius 3 is 2.72 bits per heavy atom. The summed E-state index contributed by atoms with van der Waals surface area (Å²) in [5.74, 6) is 0.364. The predicted octanol–water partition coefficient (Wildman–Crippen LogP) is 3.25. The predicted molar refractivity (Wildman–Crippen MR) is 101 cm³/mol. The lowest BCUT2D eigenvalue weighted by molar-refractivity contribution is -0.120. The van der Waals surface area contributed by atoms with E-state index < -0.39 is 0 Å². The molecule has 2 aromatic rings. The van der Waals surface area contributed by atoms with Crippen LogP contribution in [0.2, 0.25) is 0 Å². The number of nitrogens with zero attached hydrogens (tertiary/aromatic N) is 1. The minimum absolute atomic E-state index is 0. The maximum absolute atomic E-state index is 12.6. The van der Waals surface area contributed by atoms with Crippen LogP contribution in [-0.2, 0) is 11.2 Å². The van der Waals surface area contributed by atoms with Gasteiger partial charge in [-0.25, -0.2) is 0 Å². The number of rotatable bonds is 4. The summed E-state index contributed by atoms with van der Waals surface area (Å²) < 4.78 is 5.58. The smallest absolute Gasteiger partial charge is 0.264 e. The maximum atomic E-state index is 12.6. The molecule has 25 heavy (non-hydrogen) atoms. The van der Waals surface area contributed by atoms with Gasteiger partial charge in [0.1, 0.15) is 5.75 Å². The fraction of sp³-hybridized carbons (Fsp3) is 0.263. The van der Waals surface area contributed by atoms with E-state index >= 15 is 0 Å². The van der Waals surface area contributed by atoms with Crippen LogP contribution < -0.4 is 15.4 Å². The number of nitrogen functional groups attached to an aromatic ring is 1. The number of ketones is 1. The molecule has 0 aliphatic carbocycles. The van der Waals surface area contributed by atoms with Crippen LogP contribution in [-0.4, -0.2) is 24.8 Å². The van der Waals surface area contributed by atoms with Crippen molar-refractivity contribution in [3.63, 3.8) is 0 Å². The summed E-state index contributed by atoms with van der Waals surface area (Å²) in [6, 6.07) is 12.5. The number of carbonyl (C=O) groups excluding carboxylic acids is 2. The molecule has 5 nitrogen and oxygen atoms in total. The molecule has 132 valence electrons. The van der Waals surface area contributed by atoms with Crippen molar-refractivity contribution in [2.45, 2.75) is 19.8 Å². The minimum atomic E-state index is -0.116. The third-order valence-corrected chi connectivity index (χ3v) is 4.19. The third kappa shape index (κ3) is 4.12.